The van der Waals surface area contributed by atoms with E-state index in [4.69, 9.17) is 9.90 Å². The van der Waals surface area contributed by atoms with Crippen LogP contribution < -0.4 is 10.2 Å². The zero-order valence-corrected chi connectivity index (χ0v) is 14.3. The summed E-state index contributed by atoms with van der Waals surface area (Å²) in [5.74, 6) is -2.82. The van der Waals surface area contributed by atoms with Gasteiger partial charge in [-0.2, -0.15) is 26.3 Å². The number of rotatable bonds is 1. The number of fused-ring (bicyclic) bond motifs is 1. The minimum Gasteiger partial charge on any atom is -0.475 e. The number of anilines is 1. The van der Waals surface area contributed by atoms with Crippen LogP contribution in [0.5, 0.6) is 0 Å². The van der Waals surface area contributed by atoms with E-state index in [9.17, 15) is 31.1 Å². The highest BCUT2D eigenvalue weighted by molar-refractivity contribution is 5.95. The number of carboxylic acids is 1. The van der Waals surface area contributed by atoms with Gasteiger partial charge in [-0.1, -0.05) is 0 Å². The Morgan fingerprint density at radius 1 is 1.11 bits per heavy atom. The van der Waals surface area contributed by atoms with Gasteiger partial charge in [-0.15, -0.1) is 0 Å². The number of piperazine rings is 2. The first-order valence-corrected chi connectivity index (χ1v) is 8.12. The number of nitrogens with zero attached hydrogens (tertiary/aromatic N) is 2. The Bertz CT molecular complexity index is 705. The molecule has 2 heterocycles. The Kier molecular flexibility index (Phi) is 6.55. The molecule has 2 fully saturated rings. The smallest absolute Gasteiger partial charge is 0.475 e. The van der Waals surface area contributed by atoms with E-state index < -0.39 is 23.9 Å². The van der Waals surface area contributed by atoms with Crippen LogP contribution in [0, 0.1) is 0 Å². The molecule has 12 heteroatoms. The van der Waals surface area contributed by atoms with Crippen molar-refractivity contribution in [2.45, 2.75) is 18.4 Å². The summed E-state index contributed by atoms with van der Waals surface area (Å²) >= 11 is 0. The first kappa shape index (κ1) is 22.0. The third kappa shape index (κ3) is 5.58. The average molecular weight is 413 g/mol. The van der Waals surface area contributed by atoms with Gasteiger partial charge in [-0.3, -0.25) is 9.69 Å². The number of hydrogen-bond donors (Lipinski definition) is 2. The van der Waals surface area contributed by atoms with E-state index in [0.29, 0.717) is 18.8 Å². The molecule has 0 spiro atoms. The van der Waals surface area contributed by atoms with Crippen molar-refractivity contribution in [2.75, 3.05) is 37.6 Å². The predicted octanol–water partition coefficient (Wildman–Crippen LogP) is 1.96. The van der Waals surface area contributed by atoms with E-state index in [-0.39, 0.29) is 11.9 Å². The van der Waals surface area contributed by atoms with E-state index in [2.05, 4.69) is 10.2 Å². The lowest BCUT2D eigenvalue weighted by Gasteiger charge is -2.43. The SMILES string of the molecule is O=C(O)C(F)(F)F.O=C1CN2CCNCC2CN1c1ccc(C(F)(F)F)cc1. The van der Waals surface area contributed by atoms with Crippen LogP contribution in [0.2, 0.25) is 0 Å². The molecule has 0 aliphatic carbocycles. The van der Waals surface area contributed by atoms with Crippen LogP contribution in [0.4, 0.5) is 32.0 Å². The fraction of sp³-hybridized carbons (Fsp3) is 0.500. The molecule has 6 nitrogen and oxygen atoms in total. The lowest BCUT2D eigenvalue weighted by molar-refractivity contribution is -0.192. The second kappa shape index (κ2) is 8.35. The number of carbonyl (C=O) groups excluding carboxylic acids is 1. The molecule has 1 aromatic rings. The molecule has 0 bridgehead atoms. The Morgan fingerprint density at radius 3 is 2.18 bits per heavy atom. The summed E-state index contributed by atoms with van der Waals surface area (Å²) in [7, 11) is 0. The van der Waals surface area contributed by atoms with E-state index in [1.54, 1.807) is 4.90 Å². The fourth-order valence-corrected chi connectivity index (χ4v) is 2.84. The molecule has 1 unspecified atom stereocenters. The van der Waals surface area contributed by atoms with Gasteiger partial charge in [0.25, 0.3) is 0 Å². The summed E-state index contributed by atoms with van der Waals surface area (Å²) in [5.41, 5.74) is -0.171. The van der Waals surface area contributed by atoms with Gasteiger partial charge in [0.05, 0.1) is 12.1 Å². The normalized spacial score (nSPS) is 20.9. The lowest BCUT2D eigenvalue weighted by atomic mass is 10.1. The van der Waals surface area contributed by atoms with Crippen LogP contribution >= 0.6 is 0 Å². The second-order valence-corrected chi connectivity index (χ2v) is 6.18. The Morgan fingerprint density at radius 2 is 1.68 bits per heavy atom. The molecule has 0 radical (unpaired) electrons. The van der Waals surface area contributed by atoms with E-state index in [1.165, 1.54) is 12.1 Å². The molecule has 2 aliphatic heterocycles. The van der Waals surface area contributed by atoms with Crippen molar-refractivity contribution in [1.82, 2.24) is 10.2 Å². The van der Waals surface area contributed by atoms with Crippen LogP contribution in [-0.2, 0) is 15.8 Å². The van der Waals surface area contributed by atoms with Crippen LogP contribution in [0.1, 0.15) is 5.56 Å². The molecule has 0 aromatic heterocycles. The van der Waals surface area contributed by atoms with Gasteiger partial charge < -0.3 is 15.3 Å². The zero-order chi connectivity index (χ0) is 21.1. The highest BCUT2D eigenvalue weighted by Crippen LogP contribution is 2.31. The standard InChI is InChI=1S/C14H16F3N3O.C2HF3O2/c15-14(16,17)10-1-3-11(4-2-10)20-8-12-7-18-5-6-19(12)9-13(20)21;3-2(4,5)1(6)7/h1-4,12,18H,5-9H2;(H,6,7). The second-order valence-electron chi connectivity index (χ2n) is 6.18. The highest BCUT2D eigenvalue weighted by Gasteiger charge is 2.38. The molecule has 2 aliphatic rings. The largest absolute Gasteiger partial charge is 0.490 e. The molecule has 0 saturated carbocycles. The average Bonchev–Trinajstić information content (AvgIpc) is 2.60. The van der Waals surface area contributed by atoms with Crippen molar-refractivity contribution in [3.63, 3.8) is 0 Å². The van der Waals surface area contributed by atoms with Gasteiger partial charge in [-0.25, -0.2) is 4.79 Å². The molecular formula is C16H17F6N3O3. The van der Waals surface area contributed by atoms with Crippen molar-refractivity contribution < 1.29 is 41.0 Å². The number of benzene rings is 1. The van der Waals surface area contributed by atoms with Crippen LogP contribution in [0.15, 0.2) is 24.3 Å². The van der Waals surface area contributed by atoms with E-state index in [0.717, 1.165) is 31.8 Å². The molecule has 1 atom stereocenters. The van der Waals surface area contributed by atoms with Crippen LogP contribution in [-0.4, -0.2) is 66.8 Å². The van der Waals surface area contributed by atoms with E-state index >= 15 is 0 Å². The molecule has 3 rings (SSSR count). The first-order chi connectivity index (χ1) is 12.9. The Balaban J connectivity index is 0.000000345. The predicted molar refractivity (Wildman–Crippen MR) is 85.7 cm³/mol. The number of carbonyl (C=O) groups is 2. The summed E-state index contributed by atoms with van der Waals surface area (Å²) in [6.07, 6.45) is -9.44. The number of alkyl halides is 6. The molecule has 2 saturated heterocycles. The van der Waals surface area contributed by atoms with Crippen LogP contribution in [0.3, 0.4) is 0 Å². The van der Waals surface area contributed by atoms with Crippen molar-refractivity contribution in [3.8, 4) is 0 Å². The van der Waals surface area contributed by atoms with Crippen molar-refractivity contribution in [3.05, 3.63) is 29.8 Å². The molecule has 28 heavy (non-hydrogen) atoms. The minimum atomic E-state index is -5.08. The molecule has 2 N–H and O–H groups in total. The third-order valence-corrected chi connectivity index (χ3v) is 4.25. The first-order valence-electron chi connectivity index (χ1n) is 8.12. The number of carboxylic acid groups (broad SMARTS) is 1. The van der Waals surface area contributed by atoms with E-state index in [1.807, 2.05) is 0 Å². The number of amides is 1. The topological polar surface area (TPSA) is 72.9 Å². The highest BCUT2D eigenvalue weighted by atomic mass is 19.4. The van der Waals surface area contributed by atoms with Crippen LogP contribution in [0.25, 0.3) is 0 Å². The Hall–Kier alpha value is -2.34. The zero-order valence-electron chi connectivity index (χ0n) is 14.3. The monoisotopic (exact) mass is 413 g/mol. The number of hydrogen-bond acceptors (Lipinski definition) is 4. The van der Waals surface area contributed by atoms with Gasteiger partial charge in [0.15, 0.2) is 0 Å². The van der Waals surface area contributed by atoms with Crippen molar-refractivity contribution >= 4 is 17.6 Å². The summed E-state index contributed by atoms with van der Waals surface area (Å²) in [6, 6.07) is 5.00. The fourth-order valence-electron chi connectivity index (χ4n) is 2.84. The number of nitrogens with one attached hydrogen (secondary N) is 1. The third-order valence-electron chi connectivity index (χ3n) is 4.25. The quantitative estimate of drug-likeness (QED) is 0.689. The maximum absolute atomic E-state index is 12.6. The van der Waals surface area contributed by atoms with Crippen molar-refractivity contribution in [2.24, 2.45) is 0 Å². The Labute approximate surface area is 155 Å². The molecule has 1 amide bonds. The maximum Gasteiger partial charge on any atom is 0.490 e. The minimum absolute atomic E-state index is 0.0621. The summed E-state index contributed by atoms with van der Waals surface area (Å²) in [6.45, 7) is 3.33. The lowest BCUT2D eigenvalue weighted by Crippen LogP contribution is -2.63. The molecular weight excluding hydrogens is 396 g/mol. The van der Waals surface area contributed by atoms with Crippen molar-refractivity contribution in [1.29, 1.82) is 0 Å². The maximum atomic E-state index is 12.6. The summed E-state index contributed by atoms with van der Waals surface area (Å²) in [4.78, 5) is 24.8. The summed E-state index contributed by atoms with van der Waals surface area (Å²) < 4.78 is 69.4. The van der Waals surface area contributed by atoms with Gasteiger partial charge in [0.1, 0.15) is 0 Å². The van der Waals surface area contributed by atoms with Gasteiger partial charge in [0.2, 0.25) is 5.91 Å². The van der Waals surface area contributed by atoms with Gasteiger partial charge in [0, 0.05) is 37.9 Å². The molecule has 156 valence electrons. The summed E-state index contributed by atoms with van der Waals surface area (Å²) in [5, 5.41) is 10.4. The number of halogens is 6. The van der Waals surface area contributed by atoms with Gasteiger partial charge in [-0.05, 0) is 24.3 Å². The number of aliphatic carboxylic acids is 1. The van der Waals surface area contributed by atoms with Gasteiger partial charge >= 0.3 is 18.3 Å². The molecule has 1 aromatic carbocycles.